The van der Waals surface area contributed by atoms with Gasteiger partial charge < -0.3 is 35.0 Å². The highest BCUT2D eigenvalue weighted by molar-refractivity contribution is 5.22. The van der Waals surface area contributed by atoms with Gasteiger partial charge in [0.2, 0.25) is 0 Å². The Balaban J connectivity index is 1.87. The molecule has 0 spiro atoms. The Morgan fingerprint density at radius 1 is 1.19 bits per heavy atom. The highest BCUT2D eigenvalue weighted by atomic mass is 16.7. The number of aliphatic hydroxyl groups excluding tert-OH is 5. The van der Waals surface area contributed by atoms with E-state index in [2.05, 4.69) is 27.4 Å². The van der Waals surface area contributed by atoms with Crippen molar-refractivity contribution in [2.75, 3.05) is 13.2 Å². The fraction of sp³-hybridized carbons (Fsp3) is 0.840. The molecule has 0 amide bonds. The summed E-state index contributed by atoms with van der Waals surface area (Å²) in [6.07, 6.45) is 0.125. The molecule has 0 aromatic carbocycles. The largest absolute Gasteiger partial charge is 0.393 e. The maximum Gasteiger partial charge on any atom is 0.186 e. The molecule has 0 aromatic heterocycles. The Labute approximate surface area is 191 Å². The van der Waals surface area contributed by atoms with E-state index >= 15 is 0 Å². The Hall–Kier alpha value is -0.800. The Morgan fingerprint density at radius 2 is 1.88 bits per heavy atom. The van der Waals surface area contributed by atoms with Gasteiger partial charge in [0.25, 0.3) is 0 Å². The van der Waals surface area contributed by atoms with Gasteiger partial charge >= 0.3 is 0 Å². The maximum atomic E-state index is 10.8. The minimum atomic E-state index is -1.35. The summed E-state index contributed by atoms with van der Waals surface area (Å²) in [5, 5.41) is 50.3. The lowest BCUT2D eigenvalue weighted by Gasteiger charge is -2.61. The topological polar surface area (TPSA) is 120 Å². The van der Waals surface area contributed by atoms with Crippen molar-refractivity contribution in [1.29, 1.82) is 0 Å². The van der Waals surface area contributed by atoms with E-state index in [1.807, 2.05) is 13.0 Å². The van der Waals surface area contributed by atoms with E-state index in [0.717, 1.165) is 36.8 Å². The minimum Gasteiger partial charge on any atom is -0.393 e. The smallest absolute Gasteiger partial charge is 0.186 e. The van der Waals surface area contributed by atoms with E-state index in [1.165, 1.54) is 0 Å². The molecule has 5 N–H and O–H groups in total. The third kappa shape index (κ3) is 4.71. The van der Waals surface area contributed by atoms with Crippen molar-refractivity contribution >= 4 is 0 Å². The Bertz CT molecular complexity index is 704. The summed E-state index contributed by atoms with van der Waals surface area (Å²) in [6.45, 7) is 12.9. The number of aliphatic hydroxyl groups is 5. The number of hydrogen-bond donors (Lipinski definition) is 5. The van der Waals surface area contributed by atoms with Crippen LogP contribution < -0.4 is 0 Å². The fourth-order valence-corrected chi connectivity index (χ4v) is 6.43. The van der Waals surface area contributed by atoms with Crippen LogP contribution in [0.4, 0.5) is 0 Å². The maximum absolute atomic E-state index is 10.8. The first-order chi connectivity index (χ1) is 14.9. The van der Waals surface area contributed by atoms with Crippen molar-refractivity contribution in [2.45, 2.75) is 96.6 Å². The lowest BCUT2D eigenvalue weighted by molar-refractivity contribution is -0.286. The molecule has 0 unspecified atom stereocenters. The standard InChI is InChI=1S/C25H42O7/c1-14(9-11-26)6-7-16-15(2)18(32-23-22(30)21(29)17(27)13-31-23)12-19-24(3,4)20(28)8-10-25(16,19)5/h9,16-23,26-30H,2,6-8,10-13H2,1,3-5H3/b14-9-/t16-,17-,18+,19+,20+,21-,22-,23-,25-/m1/s1. The second-order valence-corrected chi connectivity index (χ2v) is 10.9. The van der Waals surface area contributed by atoms with Crippen LogP contribution in [-0.4, -0.2) is 75.6 Å². The first-order valence-corrected chi connectivity index (χ1v) is 11.9. The van der Waals surface area contributed by atoms with E-state index < -0.39 is 36.8 Å². The zero-order chi connectivity index (χ0) is 23.8. The van der Waals surface area contributed by atoms with Crippen LogP contribution in [0.15, 0.2) is 23.8 Å². The molecule has 1 aliphatic heterocycles. The van der Waals surface area contributed by atoms with Crippen molar-refractivity contribution in [3.05, 3.63) is 23.8 Å². The van der Waals surface area contributed by atoms with Crippen LogP contribution in [0, 0.1) is 22.7 Å². The second kappa shape index (κ2) is 9.82. The van der Waals surface area contributed by atoms with Gasteiger partial charge in [0.05, 0.1) is 25.4 Å². The van der Waals surface area contributed by atoms with Gasteiger partial charge in [-0.2, -0.15) is 0 Å². The average molecular weight is 455 g/mol. The van der Waals surface area contributed by atoms with Crippen LogP contribution in [0.5, 0.6) is 0 Å². The molecule has 3 rings (SSSR count). The van der Waals surface area contributed by atoms with Crippen molar-refractivity contribution in [2.24, 2.45) is 22.7 Å². The number of ether oxygens (including phenoxy) is 2. The summed E-state index contributed by atoms with van der Waals surface area (Å²) >= 11 is 0. The van der Waals surface area contributed by atoms with Crippen LogP contribution in [0.1, 0.15) is 59.8 Å². The van der Waals surface area contributed by atoms with Gasteiger partial charge in [-0.25, -0.2) is 0 Å². The zero-order valence-corrected chi connectivity index (χ0v) is 19.9. The lowest BCUT2D eigenvalue weighted by atomic mass is 9.46. The van der Waals surface area contributed by atoms with Crippen molar-refractivity contribution < 1.29 is 35.0 Å². The minimum absolute atomic E-state index is 0.0212. The number of fused-ring (bicyclic) bond motifs is 1. The molecule has 1 saturated heterocycles. The number of allylic oxidation sites excluding steroid dienone is 1. The molecule has 0 radical (unpaired) electrons. The summed E-state index contributed by atoms with van der Waals surface area (Å²) in [6, 6.07) is 0. The third-order valence-corrected chi connectivity index (χ3v) is 8.64. The van der Waals surface area contributed by atoms with E-state index in [0.29, 0.717) is 6.42 Å². The van der Waals surface area contributed by atoms with E-state index in [1.54, 1.807) is 0 Å². The van der Waals surface area contributed by atoms with Gasteiger partial charge in [-0.05, 0) is 67.3 Å². The molecule has 0 bridgehead atoms. The lowest BCUT2D eigenvalue weighted by Crippen LogP contribution is -2.59. The van der Waals surface area contributed by atoms with Gasteiger partial charge in [-0.1, -0.05) is 39.0 Å². The second-order valence-electron chi connectivity index (χ2n) is 10.9. The molecule has 7 heteroatoms. The molecule has 7 nitrogen and oxygen atoms in total. The van der Waals surface area contributed by atoms with Crippen LogP contribution in [0.25, 0.3) is 0 Å². The van der Waals surface area contributed by atoms with Crippen LogP contribution in [0.3, 0.4) is 0 Å². The molecule has 2 aliphatic carbocycles. The monoisotopic (exact) mass is 454 g/mol. The summed E-state index contributed by atoms with van der Waals surface area (Å²) < 4.78 is 11.7. The summed E-state index contributed by atoms with van der Waals surface area (Å²) in [7, 11) is 0. The molecule has 3 fully saturated rings. The predicted molar refractivity (Wildman–Crippen MR) is 121 cm³/mol. The summed E-state index contributed by atoms with van der Waals surface area (Å²) in [4.78, 5) is 0. The van der Waals surface area contributed by atoms with Gasteiger partial charge in [-0.3, -0.25) is 0 Å². The SMILES string of the molecule is C=C1[C@@H](O[C@H]2OC[C@@H](O)[C@@H](O)[C@H]2O)C[C@H]2C(C)(C)[C@@H](O)CC[C@]2(C)[C@@H]1CC/C(C)=C\CO. The van der Waals surface area contributed by atoms with Gasteiger partial charge in [-0.15, -0.1) is 0 Å². The van der Waals surface area contributed by atoms with Crippen molar-refractivity contribution in [3.8, 4) is 0 Å². The average Bonchev–Trinajstić information content (AvgIpc) is 2.73. The van der Waals surface area contributed by atoms with Gasteiger partial charge in [0.15, 0.2) is 6.29 Å². The van der Waals surface area contributed by atoms with Crippen molar-refractivity contribution in [1.82, 2.24) is 0 Å². The molecule has 9 atom stereocenters. The van der Waals surface area contributed by atoms with Crippen LogP contribution in [0.2, 0.25) is 0 Å². The first kappa shape index (κ1) is 25.8. The quantitative estimate of drug-likeness (QED) is 0.307. The molecule has 3 aliphatic rings. The van der Waals surface area contributed by atoms with Gasteiger partial charge in [0, 0.05) is 0 Å². The Morgan fingerprint density at radius 3 is 2.53 bits per heavy atom. The molecule has 2 saturated carbocycles. The van der Waals surface area contributed by atoms with Crippen LogP contribution >= 0.6 is 0 Å². The zero-order valence-electron chi connectivity index (χ0n) is 19.9. The first-order valence-electron chi connectivity index (χ1n) is 11.9. The van der Waals surface area contributed by atoms with Gasteiger partial charge in [0.1, 0.15) is 18.3 Å². The molecule has 1 heterocycles. The van der Waals surface area contributed by atoms with Crippen LogP contribution in [-0.2, 0) is 9.47 Å². The molecular weight excluding hydrogens is 412 g/mol. The normalized spacial score (nSPS) is 44.9. The molecular formula is C25H42O7. The summed E-state index contributed by atoms with van der Waals surface area (Å²) in [5.41, 5.74) is 1.71. The molecule has 184 valence electrons. The predicted octanol–water partition coefficient (Wildman–Crippen LogP) is 1.91. The van der Waals surface area contributed by atoms with E-state index in [4.69, 9.17) is 9.47 Å². The highest BCUT2D eigenvalue weighted by Crippen LogP contribution is 2.62. The Kier molecular flexibility index (Phi) is 7.92. The molecule has 32 heavy (non-hydrogen) atoms. The number of rotatable bonds is 6. The van der Waals surface area contributed by atoms with Crippen molar-refractivity contribution in [3.63, 3.8) is 0 Å². The third-order valence-electron chi connectivity index (χ3n) is 8.64. The number of hydrogen-bond acceptors (Lipinski definition) is 7. The highest BCUT2D eigenvalue weighted by Gasteiger charge is 2.58. The van der Waals surface area contributed by atoms with E-state index in [-0.39, 0.29) is 35.9 Å². The fourth-order valence-electron chi connectivity index (χ4n) is 6.43. The van der Waals surface area contributed by atoms with E-state index in [9.17, 15) is 25.5 Å². The summed E-state index contributed by atoms with van der Waals surface area (Å²) in [5.74, 6) is 0.300. The molecule has 0 aromatic rings.